The van der Waals surface area contributed by atoms with Gasteiger partial charge in [-0.2, -0.15) is 0 Å². The van der Waals surface area contributed by atoms with Crippen LogP contribution in [-0.2, 0) is 0 Å². The fourth-order valence-corrected chi connectivity index (χ4v) is 1.54. The molecule has 2 aromatic rings. The highest BCUT2D eigenvalue weighted by Crippen LogP contribution is 2.21. The molecule has 0 saturated carbocycles. The number of nitrogens with zero attached hydrogens (tertiary/aromatic N) is 1. The number of halogens is 1. The van der Waals surface area contributed by atoms with Gasteiger partial charge in [-0.1, -0.05) is 29.8 Å². The van der Waals surface area contributed by atoms with Gasteiger partial charge in [-0.3, -0.25) is 10.2 Å². The summed E-state index contributed by atoms with van der Waals surface area (Å²) in [6, 6.07) is 8.80. The van der Waals surface area contributed by atoms with E-state index >= 15 is 0 Å². The van der Waals surface area contributed by atoms with Crippen LogP contribution in [0.15, 0.2) is 30.3 Å². The van der Waals surface area contributed by atoms with E-state index in [1.165, 1.54) is 0 Å². The smallest absolute Gasteiger partial charge is 0.283 e. The van der Waals surface area contributed by atoms with Crippen LogP contribution in [0.1, 0.15) is 10.5 Å². The monoisotopic (exact) mass is 221 g/mol. The number of hydrazine groups is 1. The van der Waals surface area contributed by atoms with Crippen LogP contribution in [-0.4, -0.2) is 10.9 Å². The molecule has 0 aliphatic heterocycles. The second-order valence-corrected chi connectivity index (χ2v) is 3.39. The summed E-state index contributed by atoms with van der Waals surface area (Å²) in [6.07, 6.45) is 0. The Kier molecular flexibility index (Phi) is 2.53. The number of pyridine rings is 1. The van der Waals surface area contributed by atoms with Crippen molar-refractivity contribution in [2.45, 2.75) is 0 Å². The summed E-state index contributed by atoms with van der Waals surface area (Å²) < 4.78 is 0. The van der Waals surface area contributed by atoms with Gasteiger partial charge in [0.1, 0.15) is 5.69 Å². The Bertz CT molecular complexity index is 527. The average molecular weight is 222 g/mol. The summed E-state index contributed by atoms with van der Waals surface area (Å²) in [5, 5.41) is 1.40. The zero-order valence-corrected chi connectivity index (χ0v) is 8.45. The fourth-order valence-electron chi connectivity index (χ4n) is 1.31. The lowest BCUT2D eigenvalue weighted by Crippen LogP contribution is -2.30. The lowest BCUT2D eigenvalue weighted by Gasteiger charge is -2.02. The first-order valence-corrected chi connectivity index (χ1v) is 4.66. The van der Waals surface area contributed by atoms with Crippen LogP contribution in [0.4, 0.5) is 0 Å². The van der Waals surface area contributed by atoms with Gasteiger partial charge < -0.3 is 0 Å². The van der Waals surface area contributed by atoms with Crippen molar-refractivity contribution in [3.8, 4) is 0 Å². The van der Waals surface area contributed by atoms with Crippen LogP contribution < -0.4 is 11.3 Å². The lowest BCUT2D eigenvalue weighted by molar-refractivity contribution is 0.0949. The highest BCUT2D eigenvalue weighted by molar-refractivity contribution is 6.35. The molecule has 4 nitrogen and oxygen atoms in total. The van der Waals surface area contributed by atoms with E-state index in [-0.39, 0.29) is 5.69 Å². The Morgan fingerprint density at radius 1 is 1.33 bits per heavy atom. The van der Waals surface area contributed by atoms with Gasteiger partial charge in [0.05, 0.1) is 10.5 Å². The molecule has 0 aliphatic carbocycles. The molecule has 0 atom stereocenters. The van der Waals surface area contributed by atoms with Crippen LogP contribution in [0.5, 0.6) is 0 Å². The van der Waals surface area contributed by atoms with Crippen molar-refractivity contribution >= 4 is 28.4 Å². The van der Waals surface area contributed by atoms with Gasteiger partial charge in [-0.15, -0.1) is 0 Å². The second-order valence-electron chi connectivity index (χ2n) is 2.98. The second kappa shape index (κ2) is 3.84. The number of benzene rings is 1. The standard InChI is InChI=1S/C10H8ClN3O/c11-7-3-1-2-6-4-5-8(10(15)14-12)13-9(6)7/h1-5H,12H2,(H,14,15). The van der Waals surface area contributed by atoms with Crippen molar-refractivity contribution in [2.75, 3.05) is 0 Å². The predicted octanol–water partition coefficient (Wildman–Crippen LogP) is 1.49. The highest BCUT2D eigenvalue weighted by Gasteiger charge is 2.07. The number of rotatable bonds is 1. The molecule has 1 aromatic heterocycles. The summed E-state index contributed by atoms with van der Waals surface area (Å²) in [7, 11) is 0. The number of fused-ring (bicyclic) bond motifs is 1. The van der Waals surface area contributed by atoms with Gasteiger partial charge in [0.25, 0.3) is 5.91 Å². The summed E-state index contributed by atoms with van der Waals surface area (Å²) in [5.74, 6) is 4.58. The van der Waals surface area contributed by atoms with E-state index < -0.39 is 5.91 Å². The predicted molar refractivity (Wildman–Crippen MR) is 58.4 cm³/mol. The number of nitrogen functional groups attached to an aromatic ring is 1. The van der Waals surface area contributed by atoms with Crippen molar-refractivity contribution in [3.63, 3.8) is 0 Å². The zero-order valence-electron chi connectivity index (χ0n) is 7.70. The van der Waals surface area contributed by atoms with E-state index in [9.17, 15) is 4.79 Å². The maximum Gasteiger partial charge on any atom is 0.283 e. The molecule has 0 aliphatic rings. The SMILES string of the molecule is NNC(=O)c1ccc2cccc(Cl)c2n1. The molecule has 76 valence electrons. The van der Waals surface area contributed by atoms with Gasteiger partial charge in [-0.05, 0) is 12.1 Å². The third-order valence-electron chi connectivity index (χ3n) is 2.03. The first kappa shape index (κ1) is 9.89. The number of amides is 1. The molecule has 1 heterocycles. The zero-order chi connectivity index (χ0) is 10.8. The first-order chi connectivity index (χ1) is 7.22. The number of hydrogen-bond donors (Lipinski definition) is 2. The normalized spacial score (nSPS) is 10.3. The lowest BCUT2D eigenvalue weighted by atomic mass is 10.2. The van der Waals surface area contributed by atoms with Gasteiger partial charge in [0, 0.05) is 5.39 Å². The number of nitrogens with one attached hydrogen (secondary N) is 1. The molecule has 0 radical (unpaired) electrons. The number of carbonyl (C=O) groups is 1. The minimum absolute atomic E-state index is 0.248. The van der Waals surface area contributed by atoms with E-state index in [1.54, 1.807) is 18.2 Å². The van der Waals surface area contributed by atoms with Crippen LogP contribution in [0.2, 0.25) is 5.02 Å². The molecular formula is C10H8ClN3O. The molecule has 0 bridgehead atoms. The third-order valence-corrected chi connectivity index (χ3v) is 2.34. The van der Waals surface area contributed by atoms with E-state index in [4.69, 9.17) is 17.4 Å². The van der Waals surface area contributed by atoms with Gasteiger partial charge in [-0.25, -0.2) is 10.8 Å². The molecule has 0 spiro atoms. The highest BCUT2D eigenvalue weighted by atomic mass is 35.5. The number of para-hydroxylation sites is 1. The summed E-state index contributed by atoms with van der Waals surface area (Å²) in [5.41, 5.74) is 2.87. The van der Waals surface area contributed by atoms with Crippen molar-refractivity contribution in [3.05, 3.63) is 41.0 Å². The minimum atomic E-state index is -0.434. The molecule has 1 amide bonds. The molecule has 0 fully saturated rings. The molecule has 3 N–H and O–H groups in total. The number of carbonyl (C=O) groups excluding carboxylic acids is 1. The molecular weight excluding hydrogens is 214 g/mol. The van der Waals surface area contributed by atoms with E-state index in [2.05, 4.69) is 4.98 Å². The molecule has 0 unspecified atom stereocenters. The van der Waals surface area contributed by atoms with E-state index in [1.807, 2.05) is 17.6 Å². The Hall–Kier alpha value is -1.65. The van der Waals surface area contributed by atoms with Crippen molar-refractivity contribution < 1.29 is 4.79 Å². The molecule has 1 aromatic carbocycles. The molecule has 0 saturated heterocycles. The Balaban J connectivity index is 2.64. The van der Waals surface area contributed by atoms with Crippen molar-refractivity contribution in [2.24, 2.45) is 5.84 Å². The topological polar surface area (TPSA) is 68.0 Å². The van der Waals surface area contributed by atoms with Crippen molar-refractivity contribution in [1.29, 1.82) is 0 Å². The molecule has 5 heteroatoms. The Morgan fingerprint density at radius 2 is 2.13 bits per heavy atom. The number of hydrogen-bond acceptors (Lipinski definition) is 3. The minimum Gasteiger partial charge on any atom is -0.289 e. The largest absolute Gasteiger partial charge is 0.289 e. The van der Waals surface area contributed by atoms with Crippen LogP contribution >= 0.6 is 11.6 Å². The summed E-state index contributed by atoms with van der Waals surface area (Å²) in [6.45, 7) is 0. The Morgan fingerprint density at radius 3 is 2.87 bits per heavy atom. The number of nitrogens with two attached hydrogens (primary N) is 1. The quantitative estimate of drug-likeness (QED) is 0.436. The average Bonchev–Trinajstić information content (AvgIpc) is 2.28. The van der Waals surface area contributed by atoms with Gasteiger partial charge in [0.2, 0.25) is 0 Å². The van der Waals surface area contributed by atoms with E-state index in [0.717, 1.165) is 5.39 Å². The molecule has 2 rings (SSSR count). The van der Waals surface area contributed by atoms with E-state index in [0.29, 0.717) is 10.5 Å². The third kappa shape index (κ3) is 1.77. The number of aromatic nitrogens is 1. The maximum atomic E-state index is 11.2. The maximum absolute atomic E-state index is 11.2. The van der Waals surface area contributed by atoms with Crippen LogP contribution in [0.3, 0.4) is 0 Å². The Labute approximate surface area is 91.0 Å². The molecule has 15 heavy (non-hydrogen) atoms. The summed E-state index contributed by atoms with van der Waals surface area (Å²) >= 11 is 5.95. The van der Waals surface area contributed by atoms with Gasteiger partial charge in [0.15, 0.2) is 0 Å². The summed E-state index contributed by atoms with van der Waals surface area (Å²) in [4.78, 5) is 15.3. The van der Waals surface area contributed by atoms with Crippen molar-refractivity contribution in [1.82, 2.24) is 10.4 Å². The fraction of sp³-hybridized carbons (Fsp3) is 0. The first-order valence-electron chi connectivity index (χ1n) is 4.28. The van der Waals surface area contributed by atoms with Crippen LogP contribution in [0, 0.1) is 0 Å². The van der Waals surface area contributed by atoms with Gasteiger partial charge >= 0.3 is 0 Å². The van der Waals surface area contributed by atoms with Crippen LogP contribution in [0.25, 0.3) is 10.9 Å².